The number of rotatable bonds is 9. The molecule has 0 radical (unpaired) electrons. The van der Waals surface area contributed by atoms with E-state index >= 15 is 0 Å². The minimum absolute atomic E-state index is 0. The molecule has 1 aliphatic rings. The maximum Gasteiger partial charge on any atom is 0.223 e. The average molecular weight is 474 g/mol. The lowest BCUT2D eigenvalue weighted by atomic mass is 10.1. The summed E-state index contributed by atoms with van der Waals surface area (Å²) in [5.41, 5.74) is 2.54. The van der Waals surface area contributed by atoms with Crippen molar-refractivity contribution in [1.82, 2.24) is 15.5 Å². The van der Waals surface area contributed by atoms with E-state index in [1.807, 2.05) is 24.0 Å². The number of guanidine groups is 1. The molecule has 26 heavy (non-hydrogen) atoms. The van der Waals surface area contributed by atoms with Crippen molar-refractivity contribution in [1.29, 1.82) is 0 Å². The highest BCUT2D eigenvalue weighted by Gasteiger charge is 2.22. The molecule has 0 unspecified atom stereocenters. The van der Waals surface area contributed by atoms with Crippen molar-refractivity contribution in [3.05, 3.63) is 35.4 Å². The number of ether oxygens (including phenoxy) is 1. The van der Waals surface area contributed by atoms with Gasteiger partial charge < -0.3 is 20.3 Å². The molecule has 1 aromatic rings. The van der Waals surface area contributed by atoms with Crippen LogP contribution in [0.2, 0.25) is 0 Å². The molecule has 0 atom stereocenters. The third-order valence-electron chi connectivity index (χ3n) is 4.24. The Labute approximate surface area is 173 Å². The summed E-state index contributed by atoms with van der Waals surface area (Å²) in [7, 11) is 1.75. The van der Waals surface area contributed by atoms with Crippen LogP contribution in [0.15, 0.2) is 29.3 Å². The Hall–Kier alpha value is -1.35. The summed E-state index contributed by atoms with van der Waals surface area (Å²) >= 11 is 0. The first-order valence-corrected chi connectivity index (χ1v) is 9.11. The second-order valence-corrected chi connectivity index (χ2v) is 6.10. The molecule has 7 heteroatoms. The first kappa shape index (κ1) is 22.7. The second-order valence-electron chi connectivity index (χ2n) is 6.10. The first-order valence-electron chi connectivity index (χ1n) is 9.11. The molecular weight excluding hydrogens is 443 g/mol. The molecule has 6 nitrogen and oxygen atoms in total. The molecular formula is C19H31IN4O2. The monoisotopic (exact) mass is 474 g/mol. The van der Waals surface area contributed by atoms with Crippen LogP contribution in [0.3, 0.4) is 0 Å². The van der Waals surface area contributed by atoms with Gasteiger partial charge in [-0.25, -0.2) is 0 Å². The average Bonchev–Trinajstić information content (AvgIpc) is 3.07. The van der Waals surface area contributed by atoms with Gasteiger partial charge in [-0.15, -0.1) is 24.0 Å². The summed E-state index contributed by atoms with van der Waals surface area (Å²) in [5.74, 6) is 0.996. The number of carbonyl (C=O) groups excluding carboxylic acids is 1. The SMILES string of the molecule is CCOCCCNC(=NC)NCCCC(=O)N1Cc2ccccc2C1.I. The summed E-state index contributed by atoms with van der Waals surface area (Å²) in [6.45, 7) is 6.55. The van der Waals surface area contributed by atoms with Crippen LogP contribution in [0.5, 0.6) is 0 Å². The Morgan fingerprint density at radius 3 is 2.35 bits per heavy atom. The number of fused-ring (bicyclic) bond motifs is 1. The van der Waals surface area contributed by atoms with E-state index in [1.165, 1.54) is 11.1 Å². The lowest BCUT2D eigenvalue weighted by Gasteiger charge is -2.16. The number of hydrogen-bond donors (Lipinski definition) is 2. The van der Waals surface area contributed by atoms with Gasteiger partial charge in [0.05, 0.1) is 0 Å². The molecule has 0 saturated carbocycles. The Bertz CT molecular complexity index is 555. The highest BCUT2D eigenvalue weighted by molar-refractivity contribution is 14.0. The summed E-state index contributed by atoms with van der Waals surface area (Å²) < 4.78 is 5.30. The maximum atomic E-state index is 12.3. The molecule has 1 aliphatic heterocycles. The van der Waals surface area contributed by atoms with Crippen molar-refractivity contribution < 1.29 is 9.53 Å². The number of halogens is 1. The highest BCUT2D eigenvalue weighted by Crippen LogP contribution is 2.22. The molecule has 0 saturated heterocycles. The summed E-state index contributed by atoms with van der Waals surface area (Å²) in [4.78, 5) is 18.5. The van der Waals surface area contributed by atoms with Gasteiger partial charge in [0.1, 0.15) is 0 Å². The molecule has 0 aliphatic carbocycles. The molecule has 1 aromatic carbocycles. The Kier molecular flexibility index (Phi) is 11.3. The standard InChI is InChI=1S/C19H30N4O2.HI/c1-3-25-13-7-12-22-19(20-2)21-11-6-10-18(24)23-14-16-8-4-5-9-17(16)15-23;/h4-5,8-9H,3,6-7,10-15H2,1-2H3,(H2,20,21,22);1H. The number of nitrogens with one attached hydrogen (secondary N) is 2. The van der Waals surface area contributed by atoms with Crippen molar-refractivity contribution >= 4 is 35.8 Å². The zero-order chi connectivity index (χ0) is 17.9. The van der Waals surface area contributed by atoms with Crippen molar-refractivity contribution in [2.24, 2.45) is 4.99 Å². The zero-order valence-corrected chi connectivity index (χ0v) is 18.1. The molecule has 1 amide bonds. The van der Waals surface area contributed by atoms with Gasteiger partial charge in [0.2, 0.25) is 5.91 Å². The minimum atomic E-state index is 0. The van der Waals surface area contributed by atoms with Gasteiger partial charge in [0.15, 0.2) is 5.96 Å². The third kappa shape index (κ3) is 7.49. The number of hydrogen-bond acceptors (Lipinski definition) is 3. The van der Waals surface area contributed by atoms with Crippen LogP contribution in [0.25, 0.3) is 0 Å². The van der Waals surface area contributed by atoms with Crippen molar-refractivity contribution in [2.45, 2.75) is 39.3 Å². The van der Waals surface area contributed by atoms with E-state index in [9.17, 15) is 4.79 Å². The molecule has 2 N–H and O–H groups in total. The molecule has 2 rings (SSSR count). The van der Waals surface area contributed by atoms with Gasteiger partial charge >= 0.3 is 0 Å². The number of benzene rings is 1. The fraction of sp³-hybridized carbons (Fsp3) is 0.579. The second kappa shape index (κ2) is 12.9. The summed E-state index contributed by atoms with van der Waals surface area (Å²) in [6, 6.07) is 8.27. The van der Waals surface area contributed by atoms with Crippen LogP contribution < -0.4 is 10.6 Å². The highest BCUT2D eigenvalue weighted by atomic mass is 127. The van der Waals surface area contributed by atoms with Gasteiger partial charge in [-0.3, -0.25) is 9.79 Å². The topological polar surface area (TPSA) is 66.0 Å². The lowest BCUT2D eigenvalue weighted by molar-refractivity contribution is -0.131. The first-order chi connectivity index (χ1) is 12.2. The van der Waals surface area contributed by atoms with Crippen molar-refractivity contribution in [3.63, 3.8) is 0 Å². The number of nitrogens with zero attached hydrogens (tertiary/aromatic N) is 2. The predicted octanol–water partition coefficient (Wildman–Crippen LogP) is 2.52. The zero-order valence-electron chi connectivity index (χ0n) is 15.8. The van der Waals surface area contributed by atoms with Gasteiger partial charge in [-0.05, 0) is 30.9 Å². The van der Waals surface area contributed by atoms with E-state index in [0.29, 0.717) is 6.42 Å². The molecule has 1 heterocycles. The van der Waals surface area contributed by atoms with E-state index < -0.39 is 0 Å². The van der Waals surface area contributed by atoms with E-state index in [4.69, 9.17) is 4.74 Å². The van der Waals surface area contributed by atoms with E-state index in [-0.39, 0.29) is 29.9 Å². The molecule has 146 valence electrons. The van der Waals surface area contributed by atoms with Crippen LogP contribution in [0.4, 0.5) is 0 Å². The molecule has 0 spiro atoms. The van der Waals surface area contributed by atoms with E-state index in [0.717, 1.165) is 58.2 Å². The van der Waals surface area contributed by atoms with Crippen LogP contribution in [0, 0.1) is 0 Å². The smallest absolute Gasteiger partial charge is 0.223 e. The molecule has 0 bridgehead atoms. The van der Waals surface area contributed by atoms with Gasteiger partial charge in [-0.2, -0.15) is 0 Å². The van der Waals surface area contributed by atoms with E-state index in [1.54, 1.807) is 7.05 Å². The minimum Gasteiger partial charge on any atom is -0.382 e. The van der Waals surface area contributed by atoms with Crippen LogP contribution >= 0.6 is 24.0 Å². The van der Waals surface area contributed by atoms with Gasteiger partial charge in [0, 0.05) is 52.9 Å². The van der Waals surface area contributed by atoms with E-state index in [2.05, 4.69) is 27.8 Å². The van der Waals surface area contributed by atoms with Gasteiger partial charge in [0.25, 0.3) is 0 Å². The Morgan fingerprint density at radius 1 is 1.15 bits per heavy atom. The Morgan fingerprint density at radius 2 is 1.77 bits per heavy atom. The predicted molar refractivity (Wildman–Crippen MR) is 116 cm³/mol. The number of amides is 1. The van der Waals surface area contributed by atoms with Crippen LogP contribution in [-0.4, -0.2) is 50.1 Å². The normalized spacial score (nSPS) is 13.2. The molecule has 0 aromatic heterocycles. The largest absolute Gasteiger partial charge is 0.382 e. The van der Waals surface area contributed by atoms with Gasteiger partial charge in [-0.1, -0.05) is 24.3 Å². The van der Waals surface area contributed by atoms with Crippen LogP contribution in [0.1, 0.15) is 37.3 Å². The summed E-state index contributed by atoms with van der Waals surface area (Å²) in [6.07, 6.45) is 2.30. The quantitative estimate of drug-likeness (QED) is 0.250. The number of aliphatic imine (C=N–C) groups is 1. The maximum absolute atomic E-state index is 12.3. The summed E-state index contributed by atoms with van der Waals surface area (Å²) in [5, 5.41) is 6.50. The fourth-order valence-electron chi connectivity index (χ4n) is 2.86. The third-order valence-corrected chi connectivity index (χ3v) is 4.24. The lowest BCUT2D eigenvalue weighted by Crippen LogP contribution is -2.38. The van der Waals surface area contributed by atoms with Crippen molar-refractivity contribution in [3.8, 4) is 0 Å². The number of carbonyl (C=O) groups is 1. The van der Waals surface area contributed by atoms with Crippen LogP contribution in [-0.2, 0) is 22.6 Å². The fourth-order valence-corrected chi connectivity index (χ4v) is 2.86. The Balaban J connectivity index is 0.00000338. The molecule has 0 fully saturated rings. The van der Waals surface area contributed by atoms with Crippen molar-refractivity contribution in [2.75, 3.05) is 33.4 Å².